The van der Waals surface area contributed by atoms with Crippen molar-refractivity contribution in [3.63, 3.8) is 0 Å². The lowest BCUT2D eigenvalue weighted by Crippen LogP contribution is -2.23. The largest absolute Gasteiger partial charge is 0.373 e. The summed E-state index contributed by atoms with van der Waals surface area (Å²) in [5.41, 5.74) is 1.29. The molecule has 0 aromatic carbocycles. The molecule has 3 aromatic heterocycles. The Morgan fingerprint density at radius 2 is 2.15 bits per heavy atom. The van der Waals surface area contributed by atoms with Crippen LogP contribution in [0.5, 0.6) is 0 Å². The molecule has 0 fully saturated rings. The summed E-state index contributed by atoms with van der Waals surface area (Å²) >= 11 is 0. The maximum Gasteiger partial charge on any atom is 0.276 e. The van der Waals surface area contributed by atoms with E-state index in [-0.39, 0.29) is 5.56 Å². The topological polar surface area (TPSA) is 77.1 Å². The van der Waals surface area contributed by atoms with Crippen LogP contribution in [0.25, 0.3) is 5.52 Å². The fourth-order valence-electron chi connectivity index (χ4n) is 2.07. The third-order valence-corrected chi connectivity index (χ3v) is 3.01. The highest BCUT2D eigenvalue weighted by Crippen LogP contribution is 2.06. The van der Waals surface area contributed by atoms with Crippen LogP contribution in [0.1, 0.15) is 11.5 Å². The Hall–Kier alpha value is -2.70. The molecule has 0 amide bonds. The number of hydrogen-bond acceptors (Lipinski definition) is 5. The van der Waals surface area contributed by atoms with E-state index in [1.807, 2.05) is 13.0 Å². The monoisotopic (exact) mass is 270 g/mol. The van der Waals surface area contributed by atoms with Crippen LogP contribution in [-0.4, -0.2) is 31.2 Å². The van der Waals surface area contributed by atoms with E-state index in [1.54, 1.807) is 40.8 Å². The summed E-state index contributed by atoms with van der Waals surface area (Å²) in [5.74, 6) is 1.34. The first kappa shape index (κ1) is 12.3. The highest BCUT2D eigenvalue weighted by Gasteiger charge is 2.07. The Morgan fingerprint density at radius 3 is 2.95 bits per heavy atom. The predicted molar refractivity (Wildman–Crippen MR) is 74.9 cm³/mol. The van der Waals surface area contributed by atoms with Crippen molar-refractivity contribution in [1.82, 2.24) is 24.1 Å². The predicted octanol–water partition coefficient (Wildman–Crippen LogP) is 0.684. The van der Waals surface area contributed by atoms with Crippen molar-refractivity contribution in [2.24, 2.45) is 0 Å². The van der Waals surface area contributed by atoms with Gasteiger partial charge in [0.1, 0.15) is 11.3 Å². The Morgan fingerprint density at radius 1 is 1.30 bits per heavy atom. The Balaban J connectivity index is 2.02. The summed E-state index contributed by atoms with van der Waals surface area (Å²) in [6.07, 6.45) is 5.03. The fraction of sp³-hybridized carbons (Fsp3) is 0.231. The summed E-state index contributed by atoms with van der Waals surface area (Å²) < 4.78 is 3.13. The van der Waals surface area contributed by atoms with Crippen molar-refractivity contribution in [3.8, 4) is 0 Å². The maximum absolute atomic E-state index is 12.3. The van der Waals surface area contributed by atoms with Gasteiger partial charge in [0.2, 0.25) is 0 Å². The zero-order valence-electron chi connectivity index (χ0n) is 11.2. The lowest BCUT2D eigenvalue weighted by molar-refractivity contribution is 0.702. The highest BCUT2D eigenvalue weighted by atomic mass is 16.1. The Bertz CT molecular complexity index is 819. The van der Waals surface area contributed by atoms with E-state index in [9.17, 15) is 4.79 Å². The van der Waals surface area contributed by atoms with Crippen molar-refractivity contribution in [2.75, 3.05) is 12.4 Å². The molecule has 0 atom stereocenters. The van der Waals surface area contributed by atoms with Crippen molar-refractivity contribution in [2.45, 2.75) is 13.5 Å². The number of nitrogens with one attached hydrogen (secondary N) is 1. The molecule has 3 rings (SSSR count). The third kappa shape index (κ3) is 2.13. The third-order valence-electron chi connectivity index (χ3n) is 3.01. The molecule has 3 aromatic rings. The van der Waals surface area contributed by atoms with Crippen LogP contribution in [0.2, 0.25) is 0 Å². The van der Waals surface area contributed by atoms with Gasteiger partial charge in [-0.1, -0.05) is 0 Å². The number of aromatic nitrogens is 5. The number of hydrogen-bond donors (Lipinski definition) is 1. The Kier molecular flexibility index (Phi) is 2.94. The van der Waals surface area contributed by atoms with Crippen molar-refractivity contribution in [1.29, 1.82) is 0 Å². The molecule has 7 nitrogen and oxygen atoms in total. The number of nitrogens with zero attached hydrogens (tertiary/aromatic N) is 5. The molecule has 20 heavy (non-hydrogen) atoms. The summed E-state index contributed by atoms with van der Waals surface area (Å²) in [6.45, 7) is 2.23. The lowest BCUT2D eigenvalue weighted by atomic mass is 10.4. The first-order valence-corrected chi connectivity index (χ1v) is 6.22. The van der Waals surface area contributed by atoms with Gasteiger partial charge in [-0.3, -0.25) is 4.79 Å². The van der Waals surface area contributed by atoms with Gasteiger partial charge < -0.3 is 9.88 Å². The number of rotatable bonds is 3. The number of aryl methyl sites for hydroxylation is 1. The van der Waals surface area contributed by atoms with Crippen LogP contribution in [-0.2, 0) is 6.54 Å². The minimum atomic E-state index is -0.110. The average molecular weight is 270 g/mol. The van der Waals surface area contributed by atoms with Gasteiger partial charge in [0.05, 0.1) is 12.7 Å². The second kappa shape index (κ2) is 4.76. The number of anilines is 1. The van der Waals surface area contributed by atoms with Crippen molar-refractivity contribution >= 4 is 11.3 Å². The molecule has 0 saturated heterocycles. The van der Waals surface area contributed by atoms with Crippen molar-refractivity contribution < 1.29 is 0 Å². The first-order chi connectivity index (χ1) is 9.67. The van der Waals surface area contributed by atoms with Crippen LogP contribution in [0.15, 0.2) is 35.5 Å². The molecule has 0 bridgehead atoms. The molecule has 0 radical (unpaired) electrons. The lowest BCUT2D eigenvalue weighted by Gasteiger charge is -2.07. The van der Waals surface area contributed by atoms with E-state index in [0.717, 1.165) is 11.5 Å². The van der Waals surface area contributed by atoms with Gasteiger partial charge in [0.25, 0.3) is 5.56 Å². The van der Waals surface area contributed by atoms with Gasteiger partial charge in [0.15, 0.2) is 5.82 Å². The van der Waals surface area contributed by atoms with Gasteiger partial charge in [-0.15, -0.1) is 0 Å². The summed E-state index contributed by atoms with van der Waals surface area (Å²) in [6, 6.07) is 3.54. The zero-order chi connectivity index (χ0) is 14.1. The van der Waals surface area contributed by atoms with E-state index in [1.165, 1.54) is 0 Å². The number of fused-ring (bicyclic) bond motifs is 1. The Labute approximate surface area is 114 Å². The molecule has 0 aliphatic rings. The SMILES string of the molecule is CNc1cc(C)nc(Cn2ccn3nccc3c2=O)n1. The summed E-state index contributed by atoms with van der Waals surface area (Å²) in [7, 11) is 1.80. The van der Waals surface area contributed by atoms with E-state index in [2.05, 4.69) is 20.4 Å². The summed E-state index contributed by atoms with van der Waals surface area (Å²) in [5, 5.41) is 7.01. The van der Waals surface area contributed by atoms with E-state index in [4.69, 9.17) is 0 Å². The molecular weight excluding hydrogens is 256 g/mol. The first-order valence-electron chi connectivity index (χ1n) is 6.22. The van der Waals surface area contributed by atoms with E-state index < -0.39 is 0 Å². The zero-order valence-corrected chi connectivity index (χ0v) is 11.2. The van der Waals surface area contributed by atoms with Crippen LogP contribution in [0, 0.1) is 6.92 Å². The van der Waals surface area contributed by atoms with Gasteiger partial charge >= 0.3 is 0 Å². The van der Waals surface area contributed by atoms with Gasteiger partial charge in [-0.2, -0.15) is 5.10 Å². The minimum Gasteiger partial charge on any atom is -0.373 e. The van der Waals surface area contributed by atoms with E-state index in [0.29, 0.717) is 17.9 Å². The fourth-order valence-corrected chi connectivity index (χ4v) is 2.07. The van der Waals surface area contributed by atoms with Crippen molar-refractivity contribution in [3.05, 3.63) is 52.6 Å². The van der Waals surface area contributed by atoms with Gasteiger partial charge in [-0.25, -0.2) is 14.5 Å². The molecule has 7 heteroatoms. The summed E-state index contributed by atoms with van der Waals surface area (Å²) in [4.78, 5) is 21.0. The van der Waals surface area contributed by atoms with Crippen LogP contribution in [0.3, 0.4) is 0 Å². The van der Waals surface area contributed by atoms with Crippen LogP contribution in [0.4, 0.5) is 5.82 Å². The quantitative estimate of drug-likeness (QED) is 0.757. The van der Waals surface area contributed by atoms with Gasteiger partial charge in [0, 0.05) is 31.2 Å². The standard InChI is InChI=1S/C13H14N6O/c1-9-7-11(14-2)17-12(16-9)8-18-5-6-19-10(13(18)20)3-4-15-19/h3-7H,8H2,1-2H3,(H,14,16,17). The van der Waals surface area contributed by atoms with Gasteiger partial charge in [-0.05, 0) is 13.0 Å². The molecular formula is C13H14N6O. The second-order valence-corrected chi connectivity index (χ2v) is 4.45. The minimum absolute atomic E-state index is 0.110. The molecule has 0 saturated carbocycles. The molecule has 1 N–H and O–H groups in total. The van der Waals surface area contributed by atoms with Crippen LogP contribution >= 0.6 is 0 Å². The molecule has 0 unspecified atom stereocenters. The van der Waals surface area contributed by atoms with Crippen LogP contribution < -0.4 is 10.9 Å². The molecule has 0 aliphatic heterocycles. The second-order valence-electron chi connectivity index (χ2n) is 4.45. The van der Waals surface area contributed by atoms with E-state index >= 15 is 0 Å². The molecule has 102 valence electrons. The average Bonchev–Trinajstić information content (AvgIpc) is 2.90. The highest BCUT2D eigenvalue weighted by molar-refractivity contribution is 5.42. The smallest absolute Gasteiger partial charge is 0.276 e. The molecule has 0 spiro atoms. The molecule has 3 heterocycles. The maximum atomic E-state index is 12.3. The normalized spacial score (nSPS) is 10.9. The molecule has 0 aliphatic carbocycles.